The van der Waals surface area contributed by atoms with E-state index in [9.17, 15) is 9.59 Å². The molecule has 2 aromatic rings. The molecule has 6 nitrogen and oxygen atoms in total. The molecule has 0 aromatic heterocycles. The Morgan fingerprint density at radius 1 is 1.07 bits per heavy atom. The fourth-order valence-corrected chi connectivity index (χ4v) is 3.34. The second-order valence-electron chi connectivity index (χ2n) is 7.41. The Kier molecular flexibility index (Phi) is 7.11. The van der Waals surface area contributed by atoms with E-state index in [-0.39, 0.29) is 18.4 Å². The number of likely N-dealkylation sites (tertiary alicyclic amines) is 1. The summed E-state index contributed by atoms with van der Waals surface area (Å²) in [6.45, 7) is 6.51. The minimum Gasteiger partial charge on any atom is -0.494 e. The van der Waals surface area contributed by atoms with Crippen molar-refractivity contribution >= 4 is 23.2 Å². The predicted octanol–water partition coefficient (Wildman–Crippen LogP) is 4.01. The number of hydrogen-bond acceptors (Lipinski definition) is 4. The molecule has 0 atom stereocenters. The summed E-state index contributed by atoms with van der Waals surface area (Å²) < 4.78 is 5.44. The maximum atomic E-state index is 12.6. The van der Waals surface area contributed by atoms with Crippen LogP contribution in [0.2, 0.25) is 0 Å². The molecule has 3 rings (SSSR count). The van der Waals surface area contributed by atoms with E-state index in [1.54, 1.807) is 6.07 Å². The van der Waals surface area contributed by atoms with E-state index < -0.39 is 0 Å². The lowest BCUT2D eigenvalue weighted by atomic mass is 9.98. The number of amides is 2. The highest BCUT2D eigenvalue weighted by Crippen LogP contribution is 2.19. The topological polar surface area (TPSA) is 70.7 Å². The highest BCUT2D eigenvalue weighted by atomic mass is 16.5. The highest BCUT2D eigenvalue weighted by Gasteiger charge is 2.21. The maximum Gasteiger partial charge on any atom is 0.253 e. The van der Waals surface area contributed by atoms with Gasteiger partial charge in [0.1, 0.15) is 5.75 Å². The summed E-state index contributed by atoms with van der Waals surface area (Å²) in [5.41, 5.74) is 2.17. The van der Waals surface area contributed by atoms with Gasteiger partial charge in [0.05, 0.1) is 13.2 Å². The van der Waals surface area contributed by atoms with Crippen molar-refractivity contribution in [2.75, 3.05) is 36.9 Å². The number of carbonyl (C=O) groups excluding carboxylic acids is 2. The van der Waals surface area contributed by atoms with E-state index in [0.717, 1.165) is 37.4 Å². The summed E-state index contributed by atoms with van der Waals surface area (Å²) in [5, 5.41) is 5.93. The average Bonchev–Trinajstić information content (AvgIpc) is 2.73. The average molecular weight is 396 g/mol. The van der Waals surface area contributed by atoms with Crippen LogP contribution in [0.5, 0.6) is 5.75 Å². The Morgan fingerprint density at radius 3 is 2.48 bits per heavy atom. The quantitative estimate of drug-likeness (QED) is 0.743. The molecule has 1 heterocycles. The van der Waals surface area contributed by atoms with Crippen LogP contribution in [0.1, 0.15) is 37.0 Å². The summed E-state index contributed by atoms with van der Waals surface area (Å²) in [5.74, 6) is 1.34. The lowest BCUT2D eigenvalue weighted by molar-refractivity contribution is -0.114. The lowest BCUT2D eigenvalue weighted by Crippen LogP contribution is -2.37. The van der Waals surface area contributed by atoms with Crippen LogP contribution in [0.4, 0.5) is 11.4 Å². The fourth-order valence-electron chi connectivity index (χ4n) is 3.34. The molecule has 2 amide bonds. The first-order valence-electron chi connectivity index (χ1n) is 10.2. The van der Waals surface area contributed by atoms with Gasteiger partial charge in [-0.2, -0.15) is 0 Å². The Morgan fingerprint density at radius 2 is 1.79 bits per heavy atom. The zero-order valence-electron chi connectivity index (χ0n) is 17.1. The number of carbonyl (C=O) groups is 2. The Hall–Kier alpha value is -3.02. The zero-order valence-corrected chi connectivity index (χ0v) is 17.1. The predicted molar refractivity (Wildman–Crippen MR) is 115 cm³/mol. The molecule has 0 radical (unpaired) electrons. The van der Waals surface area contributed by atoms with Gasteiger partial charge in [-0.25, -0.2) is 0 Å². The summed E-state index contributed by atoms with van der Waals surface area (Å²) in [4.78, 5) is 26.7. The summed E-state index contributed by atoms with van der Waals surface area (Å²) in [6.07, 6.45) is 2.13. The van der Waals surface area contributed by atoms with Crippen molar-refractivity contribution in [1.29, 1.82) is 0 Å². The largest absolute Gasteiger partial charge is 0.494 e. The van der Waals surface area contributed by atoms with Crippen molar-refractivity contribution in [3.8, 4) is 5.75 Å². The molecule has 0 spiro atoms. The first-order valence-corrected chi connectivity index (χ1v) is 10.2. The van der Waals surface area contributed by atoms with E-state index in [1.165, 1.54) is 0 Å². The monoisotopic (exact) mass is 395 g/mol. The van der Waals surface area contributed by atoms with Crippen molar-refractivity contribution in [2.45, 2.75) is 26.7 Å². The molecule has 2 N–H and O–H groups in total. The number of benzene rings is 2. The number of nitrogens with zero attached hydrogens (tertiary/aromatic N) is 1. The lowest BCUT2D eigenvalue weighted by Gasteiger charge is -2.30. The van der Waals surface area contributed by atoms with Crippen LogP contribution in [0.25, 0.3) is 0 Å². The molecule has 0 bridgehead atoms. The second kappa shape index (κ2) is 9.96. The Balaban J connectivity index is 1.49. The third kappa shape index (κ3) is 5.98. The molecular weight excluding hydrogens is 366 g/mol. The molecule has 6 heteroatoms. The highest BCUT2D eigenvalue weighted by molar-refractivity contribution is 5.95. The van der Waals surface area contributed by atoms with Crippen molar-refractivity contribution in [3.05, 3.63) is 54.1 Å². The van der Waals surface area contributed by atoms with Gasteiger partial charge >= 0.3 is 0 Å². The van der Waals surface area contributed by atoms with Crippen LogP contribution in [-0.2, 0) is 4.79 Å². The van der Waals surface area contributed by atoms with Gasteiger partial charge < -0.3 is 20.3 Å². The molecule has 1 aliphatic heterocycles. The van der Waals surface area contributed by atoms with Crippen LogP contribution < -0.4 is 15.4 Å². The van der Waals surface area contributed by atoms with Crippen LogP contribution in [-0.4, -0.2) is 43.0 Å². The van der Waals surface area contributed by atoms with Crippen molar-refractivity contribution in [1.82, 2.24) is 4.90 Å². The van der Waals surface area contributed by atoms with Crippen molar-refractivity contribution in [3.63, 3.8) is 0 Å². The SMILES string of the molecule is CCOc1cccc(NC(=O)CNc2ccc(C(=O)N3CCC(C)CC3)cc2)c1. The number of piperidine rings is 1. The molecule has 1 saturated heterocycles. The first-order chi connectivity index (χ1) is 14.0. The van der Waals surface area contributed by atoms with E-state index >= 15 is 0 Å². The van der Waals surface area contributed by atoms with Gasteiger partial charge in [0, 0.05) is 36.1 Å². The normalized spacial score (nSPS) is 14.3. The van der Waals surface area contributed by atoms with Crippen LogP contribution in [0.3, 0.4) is 0 Å². The van der Waals surface area contributed by atoms with E-state index in [4.69, 9.17) is 4.74 Å². The molecule has 0 aliphatic carbocycles. The molecule has 1 aliphatic rings. The van der Waals surface area contributed by atoms with Gasteiger partial charge in [0.25, 0.3) is 5.91 Å². The van der Waals surface area contributed by atoms with E-state index in [2.05, 4.69) is 17.6 Å². The molecular formula is C23H29N3O3. The molecule has 0 saturated carbocycles. The smallest absolute Gasteiger partial charge is 0.253 e. The summed E-state index contributed by atoms with van der Waals surface area (Å²) in [7, 11) is 0. The van der Waals surface area contributed by atoms with Gasteiger partial charge in [-0.15, -0.1) is 0 Å². The maximum absolute atomic E-state index is 12.6. The van der Waals surface area contributed by atoms with Gasteiger partial charge in [-0.1, -0.05) is 13.0 Å². The molecule has 154 valence electrons. The van der Waals surface area contributed by atoms with Crippen LogP contribution in [0, 0.1) is 5.92 Å². The summed E-state index contributed by atoms with van der Waals surface area (Å²) in [6, 6.07) is 14.6. The Labute approximate surface area is 172 Å². The third-order valence-corrected chi connectivity index (χ3v) is 5.08. The number of hydrogen-bond donors (Lipinski definition) is 2. The number of ether oxygens (including phenoxy) is 1. The fraction of sp³-hybridized carbons (Fsp3) is 0.391. The van der Waals surface area contributed by atoms with Gasteiger partial charge in [-0.3, -0.25) is 9.59 Å². The molecule has 29 heavy (non-hydrogen) atoms. The number of rotatable bonds is 7. The van der Waals surface area contributed by atoms with E-state index in [0.29, 0.717) is 23.8 Å². The van der Waals surface area contributed by atoms with Crippen molar-refractivity contribution in [2.24, 2.45) is 5.92 Å². The van der Waals surface area contributed by atoms with Gasteiger partial charge in [-0.05, 0) is 62.1 Å². The van der Waals surface area contributed by atoms with Gasteiger partial charge in [0.2, 0.25) is 5.91 Å². The van der Waals surface area contributed by atoms with Crippen molar-refractivity contribution < 1.29 is 14.3 Å². The standard InChI is InChI=1S/C23H29N3O3/c1-3-29-21-6-4-5-20(15-21)25-22(27)16-24-19-9-7-18(8-10-19)23(28)26-13-11-17(2)12-14-26/h4-10,15,17,24H,3,11-14,16H2,1-2H3,(H,25,27). The minimum atomic E-state index is -0.152. The zero-order chi connectivity index (χ0) is 20.6. The number of anilines is 2. The third-order valence-electron chi connectivity index (χ3n) is 5.08. The first kappa shape index (κ1) is 20.7. The van der Waals surface area contributed by atoms with Gasteiger partial charge in [0.15, 0.2) is 0 Å². The summed E-state index contributed by atoms with van der Waals surface area (Å²) >= 11 is 0. The molecule has 0 unspecified atom stereocenters. The number of nitrogens with one attached hydrogen (secondary N) is 2. The van der Waals surface area contributed by atoms with Crippen LogP contribution >= 0.6 is 0 Å². The molecule has 1 fully saturated rings. The van der Waals surface area contributed by atoms with Crippen LogP contribution in [0.15, 0.2) is 48.5 Å². The van der Waals surface area contributed by atoms with E-state index in [1.807, 2.05) is 54.3 Å². The minimum absolute atomic E-state index is 0.0790. The molecule has 2 aromatic carbocycles. The second-order valence-corrected chi connectivity index (χ2v) is 7.41. The Bertz CT molecular complexity index is 828.